The number of carbonyl (C=O) groups is 4. The number of benzene rings is 2. The largest absolute Gasteiger partial charge is 0.507 e. The van der Waals surface area contributed by atoms with Crippen molar-refractivity contribution in [2.45, 2.75) is 95.0 Å². The van der Waals surface area contributed by atoms with E-state index in [4.69, 9.17) is 23.7 Å². The Kier molecular flexibility index (Phi) is 9.39. The Balaban J connectivity index is 1.03. The second-order valence-corrected chi connectivity index (χ2v) is 15.9. The number of aliphatic hydroxyl groups is 1. The van der Waals surface area contributed by atoms with Crippen LogP contribution < -0.4 is 4.74 Å². The van der Waals surface area contributed by atoms with Gasteiger partial charge in [0, 0.05) is 55.1 Å². The Morgan fingerprint density at radius 1 is 1.09 bits per heavy atom. The lowest BCUT2D eigenvalue weighted by Crippen LogP contribution is -2.57. The molecule has 58 heavy (non-hydrogen) atoms. The van der Waals surface area contributed by atoms with Gasteiger partial charge in [0.2, 0.25) is 11.6 Å². The fourth-order valence-corrected chi connectivity index (χ4v) is 9.19. The monoisotopic (exact) mass is 805 g/mol. The normalized spacial score (nSPS) is 27.9. The summed E-state index contributed by atoms with van der Waals surface area (Å²) in [6, 6.07) is 4.16. The van der Waals surface area contributed by atoms with Crippen molar-refractivity contribution in [2.75, 3.05) is 26.7 Å². The van der Waals surface area contributed by atoms with Gasteiger partial charge >= 0.3 is 11.9 Å². The molecule has 3 aliphatic heterocycles. The highest BCUT2D eigenvalue weighted by Crippen LogP contribution is 2.53. The molecule has 3 aromatic rings. The number of phenolic OH excluding ortho intramolecular Hbond substituents is 2. The van der Waals surface area contributed by atoms with Gasteiger partial charge in [0.05, 0.1) is 49.6 Å². The molecule has 3 unspecified atom stereocenters. The maximum Gasteiger partial charge on any atom is 0.411 e. The van der Waals surface area contributed by atoms with Gasteiger partial charge in [0.15, 0.2) is 23.5 Å². The van der Waals surface area contributed by atoms with Crippen molar-refractivity contribution in [1.82, 2.24) is 19.4 Å². The van der Waals surface area contributed by atoms with Crippen molar-refractivity contribution < 1.29 is 63.1 Å². The molecule has 1 aromatic heterocycles. The van der Waals surface area contributed by atoms with Crippen molar-refractivity contribution >= 4 is 29.3 Å². The molecule has 3 fully saturated rings. The predicted octanol–water partition coefficient (Wildman–Crippen LogP) is 2.77. The summed E-state index contributed by atoms with van der Waals surface area (Å²) in [5.74, 6) is -3.34. The third-order valence-electron chi connectivity index (χ3n) is 12.1. The summed E-state index contributed by atoms with van der Waals surface area (Å²) in [5, 5.41) is 46.5. The van der Waals surface area contributed by atoms with Crippen LogP contribution in [0.15, 0.2) is 24.4 Å². The number of amides is 1. The first kappa shape index (κ1) is 39.4. The van der Waals surface area contributed by atoms with E-state index in [1.807, 2.05) is 0 Å². The molecule has 19 heteroatoms. The molecule has 2 aliphatic carbocycles. The number of nitro groups is 1. The highest BCUT2D eigenvalue weighted by Gasteiger charge is 2.54. The maximum absolute atomic E-state index is 14.0. The lowest BCUT2D eigenvalue weighted by atomic mass is 9.72. The number of ether oxygens (including phenoxy) is 5. The number of fused-ring (bicyclic) bond motifs is 6. The summed E-state index contributed by atoms with van der Waals surface area (Å²) < 4.78 is 31.6. The van der Waals surface area contributed by atoms with Crippen molar-refractivity contribution in [1.29, 1.82) is 0 Å². The van der Waals surface area contributed by atoms with Gasteiger partial charge in [-0.05, 0) is 38.7 Å². The molecular formula is C39H43N5O14. The fraction of sp³-hybridized carbons (Fsp3) is 0.513. The van der Waals surface area contributed by atoms with E-state index in [2.05, 4.69) is 9.88 Å². The number of hydrogen-bond donors (Lipinski definition) is 3. The summed E-state index contributed by atoms with van der Waals surface area (Å²) in [4.78, 5) is 72.7. The number of aromatic nitrogens is 2. The SMILES string of the molecule is COc1cccc2c1C(=O)c1c(O)c3c(c(O)c1C2=O)C[C@@](O)(C(C)=O)C[C@@H]3O[C@H]1CC2C(OC3CN(C(=O)OC(C)(C)c4ncc([N+](=O)[O-])n4C)CCN32)[C@H](C)O1. The van der Waals surface area contributed by atoms with E-state index < -0.39 is 99.4 Å². The summed E-state index contributed by atoms with van der Waals surface area (Å²) in [6.07, 6.45) is -3.95. The fourth-order valence-electron chi connectivity index (χ4n) is 9.19. The van der Waals surface area contributed by atoms with Crippen LogP contribution in [0.4, 0.5) is 10.6 Å². The zero-order chi connectivity index (χ0) is 41.7. The van der Waals surface area contributed by atoms with Crippen molar-refractivity contribution in [2.24, 2.45) is 7.05 Å². The molecule has 7 atom stereocenters. The van der Waals surface area contributed by atoms with E-state index >= 15 is 0 Å². The van der Waals surface area contributed by atoms with Crippen molar-refractivity contribution in [3.8, 4) is 17.2 Å². The van der Waals surface area contributed by atoms with Crippen molar-refractivity contribution in [3.05, 3.63) is 73.7 Å². The lowest BCUT2D eigenvalue weighted by molar-refractivity contribution is -0.392. The smallest absolute Gasteiger partial charge is 0.411 e. The molecule has 19 nitrogen and oxygen atoms in total. The van der Waals surface area contributed by atoms with Crippen LogP contribution >= 0.6 is 0 Å². The van der Waals surface area contributed by atoms with Crippen LogP contribution in [0.5, 0.6) is 17.2 Å². The Morgan fingerprint density at radius 2 is 1.81 bits per heavy atom. The molecule has 0 saturated carbocycles. The van der Waals surface area contributed by atoms with Crippen LogP contribution in [-0.4, -0.2) is 126 Å². The first-order valence-corrected chi connectivity index (χ1v) is 18.8. The zero-order valence-corrected chi connectivity index (χ0v) is 32.6. The van der Waals surface area contributed by atoms with Crippen LogP contribution in [0.2, 0.25) is 0 Å². The molecule has 3 N–H and O–H groups in total. The quantitative estimate of drug-likeness (QED) is 0.138. The van der Waals surface area contributed by atoms with E-state index in [1.54, 1.807) is 20.8 Å². The van der Waals surface area contributed by atoms with Crippen LogP contribution in [0.25, 0.3) is 0 Å². The highest BCUT2D eigenvalue weighted by atomic mass is 16.7. The number of carbonyl (C=O) groups excluding carboxylic acids is 4. The minimum Gasteiger partial charge on any atom is -0.507 e. The standard InChI is InChI=1S/C39H43N5O14/c1-17-35-21(43-11-10-42(16-25(43)57-35)37(50)58-38(3,4)36-40-15-24(41(36)5)44(52)53)12-26(55-17)56-23-14-39(51,18(2)45)13-20-28(23)34(49)30-29(32(20)47)31(46)19-8-7-9-22(54-6)27(19)33(30)48/h7-9,15,17,21,23,25-26,35,47,49,51H,10-14,16H2,1-6H3/t17-,21?,23-,25?,26-,35?,39-/m0/s1. The van der Waals surface area contributed by atoms with Crippen LogP contribution in [-0.2, 0) is 42.8 Å². The van der Waals surface area contributed by atoms with Gasteiger partial charge in [0.25, 0.3) is 0 Å². The van der Waals surface area contributed by atoms with E-state index in [1.165, 1.54) is 48.7 Å². The van der Waals surface area contributed by atoms with Gasteiger partial charge in [-0.3, -0.25) is 19.3 Å². The van der Waals surface area contributed by atoms with Gasteiger partial charge < -0.3 is 54.0 Å². The van der Waals surface area contributed by atoms with E-state index in [9.17, 15) is 44.6 Å². The van der Waals surface area contributed by atoms with Crippen LogP contribution in [0.1, 0.15) is 95.4 Å². The third kappa shape index (κ3) is 6.02. The van der Waals surface area contributed by atoms with Crippen molar-refractivity contribution in [3.63, 3.8) is 0 Å². The van der Waals surface area contributed by atoms with Gasteiger partial charge in [-0.25, -0.2) is 14.3 Å². The number of Topliss-reactive ketones (excluding diaryl/α,β-unsaturated/α-hetero) is 1. The summed E-state index contributed by atoms with van der Waals surface area (Å²) in [6.45, 7) is 6.96. The van der Waals surface area contributed by atoms with Gasteiger partial charge in [-0.2, -0.15) is 0 Å². The lowest BCUT2D eigenvalue weighted by Gasteiger charge is -2.43. The third-order valence-corrected chi connectivity index (χ3v) is 12.1. The molecule has 8 rings (SSSR count). The Bertz CT molecular complexity index is 2290. The number of hydrogen-bond acceptors (Lipinski definition) is 16. The molecule has 2 aromatic carbocycles. The number of ketones is 3. The predicted molar refractivity (Wildman–Crippen MR) is 196 cm³/mol. The Labute approximate surface area is 331 Å². The maximum atomic E-state index is 14.0. The van der Waals surface area contributed by atoms with Crippen LogP contribution in [0.3, 0.4) is 0 Å². The number of aromatic hydroxyl groups is 2. The average Bonchev–Trinajstić information content (AvgIpc) is 3.75. The molecule has 0 bridgehead atoms. The molecule has 0 radical (unpaired) electrons. The van der Waals surface area contributed by atoms with Crippen LogP contribution in [0, 0.1) is 10.1 Å². The Hall–Kier alpha value is -5.47. The topological polar surface area (TPSA) is 243 Å². The zero-order valence-electron chi connectivity index (χ0n) is 32.6. The number of rotatable bonds is 7. The summed E-state index contributed by atoms with van der Waals surface area (Å²) in [5.41, 5.74) is -4.50. The summed E-state index contributed by atoms with van der Waals surface area (Å²) >= 11 is 0. The number of nitrogens with zero attached hydrogens (tertiary/aromatic N) is 5. The first-order valence-electron chi connectivity index (χ1n) is 18.8. The minimum atomic E-state index is -2.06. The average molecular weight is 806 g/mol. The molecule has 1 amide bonds. The number of methoxy groups -OCH3 is 1. The number of imidazole rings is 1. The highest BCUT2D eigenvalue weighted by molar-refractivity contribution is 6.31. The molecule has 3 saturated heterocycles. The molecule has 4 heterocycles. The van der Waals surface area contributed by atoms with Gasteiger partial charge in [-0.1, -0.05) is 12.1 Å². The number of piperazine rings is 1. The molecule has 308 valence electrons. The molecule has 5 aliphatic rings. The Morgan fingerprint density at radius 3 is 2.48 bits per heavy atom. The summed E-state index contributed by atoms with van der Waals surface area (Å²) in [7, 11) is 2.81. The van der Waals surface area contributed by atoms with E-state index in [-0.39, 0.29) is 71.6 Å². The molecular weight excluding hydrogens is 762 g/mol. The van der Waals surface area contributed by atoms with E-state index in [0.717, 1.165) is 6.20 Å². The number of phenols is 2. The van der Waals surface area contributed by atoms with Gasteiger partial charge in [-0.15, -0.1) is 0 Å². The molecule has 0 spiro atoms. The van der Waals surface area contributed by atoms with E-state index in [0.29, 0.717) is 6.54 Å². The minimum absolute atomic E-state index is 0.0348. The van der Waals surface area contributed by atoms with Gasteiger partial charge in [0.1, 0.15) is 41.4 Å². The second-order valence-electron chi connectivity index (χ2n) is 15.9. The second kappa shape index (κ2) is 13.8. The first-order chi connectivity index (χ1) is 27.4.